The van der Waals surface area contributed by atoms with Crippen LogP contribution in [0.5, 0.6) is 11.5 Å². The Morgan fingerprint density at radius 1 is 1.38 bits per heavy atom. The molecular formula is C17H26ClNO2. The van der Waals surface area contributed by atoms with Gasteiger partial charge >= 0.3 is 0 Å². The number of hydrogen-bond acceptors (Lipinski definition) is 3. The molecule has 0 atom stereocenters. The standard InChI is InChI=1S/C17H26ClNO2/c1-12(2)6-7-21-17-15(18)8-14(9-16(17)20-5)11-19-10-13(3)4/h8-9,13,19H,1,6-7,10-11H2,2-5H3. The van der Waals surface area contributed by atoms with Crippen LogP contribution in [0.1, 0.15) is 32.8 Å². The van der Waals surface area contributed by atoms with Gasteiger partial charge in [0.05, 0.1) is 18.7 Å². The van der Waals surface area contributed by atoms with Crippen molar-refractivity contribution in [1.82, 2.24) is 5.32 Å². The Bertz CT molecular complexity index is 472. The second-order valence-corrected chi connectivity index (χ2v) is 6.10. The summed E-state index contributed by atoms with van der Waals surface area (Å²) in [5.41, 5.74) is 2.17. The van der Waals surface area contributed by atoms with Gasteiger partial charge in [-0.2, -0.15) is 0 Å². The van der Waals surface area contributed by atoms with Crippen molar-refractivity contribution in [2.45, 2.75) is 33.7 Å². The first kappa shape index (κ1) is 17.9. The minimum Gasteiger partial charge on any atom is -0.493 e. The largest absolute Gasteiger partial charge is 0.493 e. The van der Waals surface area contributed by atoms with Crippen LogP contribution in [0.4, 0.5) is 0 Å². The van der Waals surface area contributed by atoms with Crippen molar-refractivity contribution in [3.8, 4) is 11.5 Å². The predicted octanol–water partition coefficient (Wildman–Crippen LogP) is 4.44. The maximum absolute atomic E-state index is 6.31. The number of hydrogen-bond donors (Lipinski definition) is 1. The molecule has 0 aliphatic heterocycles. The summed E-state index contributed by atoms with van der Waals surface area (Å²) in [5.74, 6) is 1.89. The van der Waals surface area contributed by atoms with Gasteiger partial charge in [0, 0.05) is 13.0 Å². The van der Waals surface area contributed by atoms with Gasteiger partial charge in [0.1, 0.15) is 0 Å². The smallest absolute Gasteiger partial charge is 0.179 e. The van der Waals surface area contributed by atoms with Crippen LogP contribution < -0.4 is 14.8 Å². The molecule has 1 aromatic rings. The predicted molar refractivity (Wildman–Crippen MR) is 89.5 cm³/mol. The molecule has 3 nitrogen and oxygen atoms in total. The van der Waals surface area contributed by atoms with E-state index in [-0.39, 0.29) is 0 Å². The molecule has 0 saturated carbocycles. The van der Waals surface area contributed by atoms with Gasteiger partial charge in [-0.25, -0.2) is 0 Å². The van der Waals surface area contributed by atoms with E-state index in [1.165, 1.54) is 0 Å². The molecule has 0 spiro atoms. The molecule has 0 radical (unpaired) electrons. The highest BCUT2D eigenvalue weighted by Gasteiger charge is 2.12. The Morgan fingerprint density at radius 2 is 2.10 bits per heavy atom. The summed E-state index contributed by atoms with van der Waals surface area (Å²) in [6.07, 6.45) is 0.803. The molecule has 0 aliphatic carbocycles. The van der Waals surface area contributed by atoms with Gasteiger partial charge in [0.2, 0.25) is 0 Å². The van der Waals surface area contributed by atoms with Crippen LogP contribution in [0.2, 0.25) is 5.02 Å². The molecule has 0 saturated heterocycles. The third-order valence-corrected chi connectivity index (χ3v) is 3.23. The molecule has 4 heteroatoms. The molecule has 0 aliphatic rings. The topological polar surface area (TPSA) is 30.5 Å². The maximum atomic E-state index is 6.31. The lowest BCUT2D eigenvalue weighted by atomic mass is 10.1. The molecule has 21 heavy (non-hydrogen) atoms. The van der Waals surface area contributed by atoms with E-state index in [2.05, 4.69) is 25.7 Å². The van der Waals surface area contributed by atoms with E-state index in [1.54, 1.807) is 7.11 Å². The van der Waals surface area contributed by atoms with Crippen molar-refractivity contribution >= 4 is 11.6 Å². The van der Waals surface area contributed by atoms with E-state index >= 15 is 0 Å². The maximum Gasteiger partial charge on any atom is 0.179 e. The fourth-order valence-corrected chi connectivity index (χ4v) is 2.14. The molecule has 118 valence electrons. The molecule has 1 aromatic carbocycles. The summed E-state index contributed by atoms with van der Waals surface area (Å²) in [7, 11) is 1.63. The zero-order valence-corrected chi connectivity index (χ0v) is 14.2. The Balaban J connectivity index is 2.74. The van der Waals surface area contributed by atoms with E-state index in [0.717, 1.165) is 30.6 Å². The number of nitrogens with one attached hydrogen (secondary N) is 1. The van der Waals surface area contributed by atoms with Gasteiger partial charge in [-0.3, -0.25) is 0 Å². The summed E-state index contributed by atoms with van der Waals surface area (Å²) in [4.78, 5) is 0. The Labute approximate surface area is 133 Å². The van der Waals surface area contributed by atoms with Gasteiger partial charge in [-0.15, -0.1) is 6.58 Å². The zero-order valence-electron chi connectivity index (χ0n) is 13.5. The molecule has 0 unspecified atom stereocenters. The van der Waals surface area contributed by atoms with Gasteiger partial charge in [-0.1, -0.05) is 31.0 Å². The van der Waals surface area contributed by atoms with Crippen molar-refractivity contribution in [3.05, 3.63) is 34.9 Å². The van der Waals surface area contributed by atoms with Crippen LogP contribution >= 0.6 is 11.6 Å². The zero-order chi connectivity index (χ0) is 15.8. The number of ether oxygens (including phenoxy) is 2. The van der Waals surface area contributed by atoms with Crippen LogP contribution in [-0.4, -0.2) is 20.3 Å². The number of halogens is 1. The Morgan fingerprint density at radius 3 is 2.67 bits per heavy atom. The number of rotatable bonds is 9. The molecule has 0 fully saturated rings. The lowest BCUT2D eigenvalue weighted by molar-refractivity contribution is 0.297. The summed E-state index contributed by atoms with van der Waals surface area (Å²) >= 11 is 6.31. The summed E-state index contributed by atoms with van der Waals surface area (Å²) in [5, 5.41) is 3.97. The fraction of sp³-hybridized carbons (Fsp3) is 0.529. The first-order valence-electron chi connectivity index (χ1n) is 7.28. The van der Waals surface area contributed by atoms with Crippen molar-refractivity contribution < 1.29 is 9.47 Å². The highest BCUT2D eigenvalue weighted by molar-refractivity contribution is 6.32. The second kappa shape index (κ2) is 8.96. The van der Waals surface area contributed by atoms with Gasteiger partial charge in [0.25, 0.3) is 0 Å². The molecule has 0 bridgehead atoms. The average molecular weight is 312 g/mol. The Hall–Kier alpha value is -1.19. The minimum atomic E-state index is 0.552. The van der Waals surface area contributed by atoms with E-state index in [1.807, 2.05) is 19.1 Å². The molecule has 0 heterocycles. The van der Waals surface area contributed by atoms with E-state index in [9.17, 15) is 0 Å². The third kappa shape index (κ3) is 6.40. The van der Waals surface area contributed by atoms with Crippen LogP contribution in [0.25, 0.3) is 0 Å². The first-order chi connectivity index (χ1) is 9.93. The third-order valence-electron chi connectivity index (χ3n) is 2.95. The molecule has 1 rings (SSSR count). The summed E-state index contributed by atoms with van der Waals surface area (Å²) in [6.45, 7) is 12.5. The van der Waals surface area contributed by atoms with Crippen LogP contribution in [0.3, 0.4) is 0 Å². The van der Waals surface area contributed by atoms with Crippen molar-refractivity contribution in [1.29, 1.82) is 0 Å². The first-order valence-corrected chi connectivity index (χ1v) is 7.66. The fourth-order valence-electron chi connectivity index (χ4n) is 1.85. The summed E-state index contributed by atoms with van der Waals surface area (Å²) in [6, 6.07) is 3.89. The van der Waals surface area contributed by atoms with E-state index in [0.29, 0.717) is 29.0 Å². The normalized spacial score (nSPS) is 10.8. The number of methoxy groups -OCH3 is 1. The molecule has 0 aromatic heterocycles. The Kier molecular flexibility index (Phi) is 7.62. The monoisotopic (exact) mass is 311 g/mol. The van der Waals surface area contributed by atoms with Crippen molar-refractivity contribution in [3.63, 3.8) is 0 Å². The van der Waals surface area contributed by atoms with Crippen LogP contribution in [0, 0.1) is 5.92 Å². The second-order valence-electron chi connectivity index (χ2n) is 5.69. The average Bonchev–Trinajstić information content (AvgIpc) is 2.39. The quantitative estimate of drug-likeness (QED) is 0.684. The lowest BCUT2D eigenvalue weighted by Gasteiger charge is -2.15. The van der Waals surface area contributed by atoms with Crippen molar-refractivity contribution in [2.75, 3.05) is 20.3 Å². The molecular weight excluding hydrogens is 286 g/mol. The van der Waals surface area contributed by atoms with E-state index < -0.39 is 0 Å². The minimum absolute atomic E-state index is 0.552. The SMILES string of the molecule is C=C(C)CCOc1c(Cl)cc(CNCC(C)C)cc1OC. The van der Waals surface area contributed by atoms with Gasteiger partial charge in [-0.05, 0) is 37.1 Å². The summed E-state index contributed by atoms with van der Waals surface area (Å²) < 4.78 is 11.1. The molecule has 1 N–H and O–H groups in total. The van der Waals surface area contributed by atoms with Gasteiger partial charge < -0.3 is 14.8 Å². The van der Waals surface area contributed by atoms with Crippen LogP contribution in [0.15, 0.2) is 24.3 Å². The van der Waals surface area contributed by atoms with E-state index in [4.69, 9.17) is 21.1 Å². The highest BCUT2D eigenvalue weighted by atomic mass is 35.5. The van der Waals surface area contributed by atoms with Crippen LogP contribution in [-0.2, 0) is 6.54 Å². The highest BCUT2D eigenvalue weighted by Crippen LogP contribution is 2.36. The van der Waals surface area contributed by atoms with Gasteiger partial charge in [0.15, 0.2) is 11.5 Å². The van der Waals surface area contributed by atoms with Crippen molar-refractivity contribution in [2.24, 2.45) is 5.92 Å². The molecule has 0 amide bonds. The number of benzene rings is 1. The lowest BCUT2D eigenvalue weighted by Crippen LogP contribution is -2.19.